The van der Waals surface area contributed by atoms with Crippen LogP contribution in [-0.4, -0.2) is 31.6 Å². The third-order valence-electron chi connectivity index (χ3n) is 3.78. The van der Waals surface area contributed by atoms with Gasteiger partial charge in [-0.2, -0.15) is 4.31 Å². The lowest BCUT2D eigenvalue weighted by Gasteiger charge is -2.20. The van der Waals surface area contributed by atoms with Crippen LogP contribution < -0.4 is 0 Å². The zero-order valence-corrected chi connectivity index (χ0v) is 15.6. The molecule has 4 nitrogen and oxygen atoms in total. The Morgan fingerprint density at radius 1 is 1.00 bits per heavy atom. The molecule has 2 aromatic rings. The van der Waals surface area contributed by atoms with Gasteiger partial charge in [0.25, 0.3) is 0 Å². The van der Waals surface area contributed by atoms with Crippen molar-refractivity contribution in [3.05, 3.63) is 77.4 Å². The van der Waals surface area contributed by atoms with Crippen molar-refractivity contribution in [3.8, 4) is 0 Å². The molecule has 0 fully saturated rings. The molecule has 0 spiro atoms. The first kappa shape index (κ1) is 19.1. The number of carbonyl (C=O) groups is 1. The van der Waals surface area contributed by atoms with Crippen molar-refractivity contribution < 1.29 is 13.2 Å². The lowest BCUT2D eigenvalue weighted by Crippen LogP contribution is -2.36. The maximum atomic E-state index is 13.0. The minimum atomic E-state index is -3.75. The molecule has 0 saturated carbocycles. The molecule has 0 aliphatic heterocycles. The number of hydrogen-bond donors (Lipinski definition) is 0. The number of allylic oxidation sites excluding steroid dienone is 1. The maximum absolute atomic E-state index is 13.0. The Morgan fingerprint density at radius 2 is 1.60 bits per heavy atom. The van der Waals surface area contributed by atoms with Gasteiger partial charge in [0.2, 0.25) is 10.0 Å². The summed E-state index contributed by atoms with van der Waals surface area (Å²) in [4.78, 5) is 12.7. The average molecular weight is 357 g/mol. The summed E-state index contributed by atoms with van der Waals surface area (Å²) in [5.74, 6) is -0.224. The zero-order chi connectivity index (χ0) is 18.4. The van der Waals surface area contributed by atoms with Crippen LogP contribution >= 0.6 is 0 Å². The van der Waals surface area contributed by atoms with Crippen LogP contribution in [-0.2, 0) is 10.0 Å². The number of sulfonamides is 1. The van der Waals surface area contributed by atoms with Crippen LogP contribution in [0.1, 0.15) is 29.8 Å². The molecule has 25 heavy (non-hydrogen) atoms. The van der Waals surface area contributed by atoms with E-state index in [9.17, 15) is 13.2 Å². The molecule has 0 aliphatic carbocycles. The number of hydrogen-bond acceptors (Lipinski definition) is 3. The molecule has 132 valence electrons. The third kappa shape index (κ3) is 5.11. The molecule has 0 saturated heterocycles. The van der Waals surface area contributed by atoms with Crippen LogP contribution in [0.3, 0.4) is 0 Å². The molecule has 0 N–H and O–H groups in total. The predicted molar refractivity (Wildman–Crippen MR) is 100 cm³/mol. The van der Waals surface area contributed by atoms with E-state index in [1.807, 2.05) is 32.9 Å². The lowest BCUT2D eigenvalue weighted by molar-refractivity contribution is 0.0969. The first-order valence-electron chi connectivity index (χ1n) is 8.09. The van der Waals surface area contributed by atoms with Gasteiger partial charge in [-0.25, -0.2) is 8.42 Å². The molecule has 0 radical (unpaired) electrons. The normalized spacial score (nSPS) is 11.4. The predicted octanol–water partition coefficient (Wildman–Crippen LogP) is 3.83. The van der Waals surface area contributed by atoms with Crippen LogP contribution in [0, 0.1) is 6.92 Å². The lowest BCUT2D eigenvalue weighted by atomic mass is 10.1. The Labute approximate surface area is 149 Å². The Balaban J connectivity index is 2.33. The van der Waals surface area contributed by atoms with E-state index in [4.69, 9.17) is 0 Å². The summed E-state index contributed by atoms with van der Waals surface area (Å²) in [6.07, 6.45) is 1.81. The van der Waals surface area contributed by atoms with Gasteiger partial charge in [0, 0.05) is 12.1 Å². The fraction of sp³-hybridized carbons (Fsp3) is 0.250. The second kappa shape index (κ2) is 8.23. The Hall–Kier alpha value is -2.24. The number of Topliss-reactive ketones (excluding diaryl/α,β-unsaturated/α-hetero) is 1. The standard InChI is InChI=1S/C20H23NO3S/c1-16(2)13-14-21(15-20(22)18-7-5-4-6-8-18)25(23,24)19-11-9-17(3)10-12-19/h4-13H,14-15H2,1-3H3. The van der Waals surface area contributed by atoms with Crippen molar-refractivity contribution in [1.82, 2.24) is 4.31 Å². The number of ketones is 1. The summed E-state index contributed by atoms with van der Waals surface area (Å²) >= 11 is 0. The second-order valence-electron chi connectivity index (χ2n) is 6.18. The van der Waals surface area contributed by atoms with Gasteiger partial charge < -0.3 is 0 Å². The maximum Gasteiger partial charge on any atom is 0.243 e. The Bertz CT molecular complexity index is 850. The van der Waals surface area contributed by atoms with E-state index in [1.165, 1.54) is 4.31 Å². The number of carbonyl (C=O) groups excluding carboxylic acids is 1. The fourth-order valence-electron chi connectivity index (χ4n) is 2.27. The van der Waals surface area contributed by atoms with E-state index in [1.54, 1.807) is 48.5 Å². The van der Waals surface area contributed by atoms with E-state index < -0.39 is 10.0 Å². The molecule has 2 aromatic carbocycles. The van der Waals surface area contributed by atoms with Gasteiger partial charge in [0.15, 0.2) is 5.78 Å². The molecule has 0 aromatic heterocycles. The van der Waals surface area contributed by atoms with E-state index in [0.717, 1.165) is 11.1 Å². The Kier molecular flexibility index (Phi) is 6.28. The SMILES string of the molecule is CC(C)=CCN(CC(=O)c1ccccc1)S(=O)(=O)c1ccc(C)cc1. The highest BCUT2D eigenvalue weighted by Gasteiger charge is 2.26. The van der Waals surface area contributed by atoms with Gasteiger partial charge in [-0.15, -0.1) is 0 Å². The molecule has 0 bridgehead atoms. The van der Waals surface area contributed by atoms with E-state index in [0.29, 0.717) is 5.56 Å². The number of nitrogens with zero attached hydrogens (tertiary/aromatic N) is 1. The van der Waals surface area contributed by atoms with Gasteiger partial charge >= 0.3 is 0 Å². The molecule has 0 atom stereocenters. The topological polar surface area (TPSA) is 54.5 Å². The van der Waals surface area contributed by atoms with Crippen molar-refractivity contribution in [1.29, 1.82) is 0 Å². The number of benzene rings is 2. The number of aryl methyl sites for hydroxylation is 1. The van der Waals surface area contributed by atoms with Gasteiger partial charge in [-0.05, 0) is 32.9 Å². The third-order valence-corrected chi connectivity index (χ3v) is 5.60. The molecule has 0 heterocycles. The van der Waals surface area contributed by atoms with Gasteiger partial charge in [-0.1, -0.05) is 59.7 Å². The summed E-state index contributed by atoms with van der Waals surface area (Å²) in [6, 6.07) is 15.4. The summed E-state index contributed by atoms with van der Waals surface area (Å²) in [6.45, 7) is 5.67. The fourth-order valence-corrected chi connectivity index (χ4v) is 3.60. The average Bonchev–Trinajstić information content (AvgIpc) is 2.59. The first-order valence-corrected chi connectivity index (χ1v) is 9.53. The molecular weight excluding hydrogens is 334 g/mol. The molecular formula is C20H23NO3S. The minimum Gasteiger partial charge on any atom is -0.293 e. The summed E-state index contributed by atoms with van der Waals surface area (Å²) in [5.41, 5.74) is 2.48. The zero-order valence-electron chi connectivity index (χ0n) is 14.8. The van der Waals surface area contributed by atoms with Crippen LogP contribution in [0.2, 0.25) is 0 Å². The second-order valence-corrected chi connectivity index (χ2v) is 8.12. The summed E-state index contributed by atoms with van der Waals surface area (Å²) in [5, 5.41) is 0. The van der Waals surface area contributed by atoms with Gasteiger partial charge in [0.05, 0.1) is 11.4 Å². The van der Waals surface area contributed by atoms with Crippen LogP contribution in [0.25, 0.3) is 0 Å². The minimum absolute atomic E-state index is 0.164. The van der Waals surface area contributed by atoms with Crippen LogP contribution in [0.4, 0.5) is 0 Å². The van der Waals surface area contributed by atoms with Crippen LogP contribution in [0.15, 0.2) is 71.1 Å². The van der Waals surface area contributed by atoms with Crippen molar-refractivity contribution in [2.45, 2.75) is 25.7 Å². The quantitative estimate of drug-likeness (QED) is 0.559. The molecule has 2 rings (SSSR count). The van der Waals surface area contributed by atoms with E-state index in [-0.39, 0.29) is 23.8 Å². The van der Waals surface area contributed by atoms with E-state index >= 15 is 0 Å². The molecule has 0 aliphatic rings. The van der Waals surface area contributed by atoms with Crippen LogP contribution in [0.5, 0.6) is 0 Å². The Morgan fingerprint density at radius 3 is 2.16 bits per heavy atom. The molecule has 5 heteroatoms. The monoisotopic (exact) mass is 357 g/mol. The smallest absolute Gasteiger partial charge is 0.243 e. The van der Waals surface area contributed by atoms with Crippen molar-refractivity contribution in [2.75, 3.05) is 13.1 Å². The van der Waals surface area contributed by atoms with Crippen molar-refractivity contribution in [2.24, 2.45) is 0 Å². The van der Waals surface area contributed by atoms with Crippen molar-refractivity contribution in [3.63, 3.8) is 0 Å². The first-order chi connectivity index (χ1) is 11.8. The molecule has 0 amide bonds. The highest BCUT2D eigenvalue weighted by molar-refractivity contribution is 7.89. The highest BCUT2D eigenvalue weighted by atomic mass is 32.2. The highest BCUT2D eigenvalue weighted by Crippen LogP contribution is 2.17. The molecule has 0 unspecified atom stereocenters. The van der Waals surface area contributed by atoms with Gasteiger partial charge in [-0.3, -0.25) is 4.79 Å². The summed E-state index contributed by atoms with van der Waals surface area (Å²) in [7, 11) is -3.75. The number of rotatable bonds is 7. The van der Waals surface area contributed by atoms with E-state index in [2.05, 4.69) is 0 Å². The summed E-state index contributed by atoms with van der Waals surface area (Å²) < 4.78 is 27.2. The largest absolute Gasteiger partial charge is 0.293 e. The van der Waals surface area contributed by atoms with Crippen molar-refractivity contribution >= 4 is 15.8 Å². The van der Waals surface area contributed by atoms with Gasteiger partial charge in [0.1, 0.15) is 0 Å².